The van der Waals surface area contributed by atoms with Crippen molar-refractivity contribution in [1.82, 2.24) is 9.55 Å². The third kappa shape index (κ3) is 2.02. The minimum atomic E-state index is -1.75. The van der Waals surface area contributed by atoms with Crippen molar-refractivity contribution in [2.24, 2.45) is 0 Å². The van der Waals surface area contributed by atoms with E-state index in [4.69, 9.17) is 15.6 Å². The molecule has 2 rings (SSSR count). The standard InChI is InChI=1S/C9H12FN3O4/c10-6-7(16)4(3-14)17-8(6)13-2-1-5(15)12-9(13)11/h1-2,4,6-8,14,16H,3H2,(H2,11,12,15)/t4-,6-,7-,8-/m1/s1. The van der Waals surface area contributed by atoms with Crippen molar-refractivity contribution >= 4 is 5.95 Å². The van der Waals surface area contributed by atoms with E-state index in [9.17, 15) is 14.3 Å². The van der Waals surface area contributed by atoms with Crippen molar-refractivity contribution in [3.05, 3.63) is 22.6 Å². The second-order valence-electron chi connectivity index (χ2n) is 3.71. The summed E-state index contributed by atoms with van der Waals surface area (Å²) in [6, 6.07) is 1.10. The van der Waals surface area contributed by atoms with E-state index in [1.165, 1.54) is 6.20 Å². The number of halogens is 1. The highest BCUT2D eigenvalue weighted by Crippen LogP contribution is 2.32. The van der Waals surface area contributed by atoms with Crippen molar-refractivity contribution in [3.63, 3.8) is 0 Å². The third-order valence-electron chi connectivity index (χ3n) is 2.61. The van der Waals surface area contributed by atoms with Gasteiger partial charge < -0.3 is 20.7 Å². The van der Waals surface area contributed by atoms with Gasteiger partial charge in [0.15, 0.2) is 12.4 Å². The second kappa shape index (κ2) is 4.40. The predicted octanol–water partition coefficient (Wildman–Crippen LogP) is -1.59. The van der Waals surface area contributed by atoms with Crippen LogP contribution < -0.4 is 11.3 Å². The molecule has 0 saturated carbocycles. The Kier molecular flexibility index (Phi) is 3.09. The normalized spacial score (nSPS) is 32.9. The fraction of sp³-hybridized carbons (Fsp3) is 0.556. The zero-order chi connectivity index (χ0) is 12.6. The number of aromatic nitrogens is 2. The average Bonchev–Trinajstić information content (AvgIpc) is 2.57. The molecule has 0 radical (unpaired) electrons. The maximum absolute atomic E-state index is 13.7. The van der Waals surface area contributed by atoms with E-state index in [0.717, 1.165) is 10.6 Å². The van der Waals surface area contributed by atoms with E-state index in [-0.39, 0.29) is 5.95 Å². The highest BCUT2D eigenvalue weighted by Gasteiger charge is 2.45. The number of hydrogen-bond donors (Lipinski definition) is 3. The quantitative estimate of drug-likeness (QED) is 0.579. The molecule has 1 aliphatic rings. The largest absolute Gasteiger partial charge is 0.394 e. The van der Waals surface area contributed by atoms with Gasteiger partial charge in [0.05, 0.1) is 6.61 Å². The van der Waals surface area contributed by atoms with E-state index in [1.54, 1.807) is 0 Å². The number of nitrogen functional groups attached to an aromatic ring is 1. The van der Waals surface area contributed by atoms with Crippen LogP contribution in [0.2, 0.25) is 0 Å². The van der Waals surface area contributed by atoms with Gasteiger partial charge in [-0.05, 0) is 0 Å². The van der Waals surface area contributed by atoms with Gasteiger partial charge in [-0.2, -0.15) is 4.98 Å². The van der Waals surface area contributed by atoms with Crippen molar-refractivity contribution in [2.75, 3.05) is 12.3 Å². The van der Waals surface area contributed by atoms with Crippen LogP contribution in [0.25, 0.3) is 0 Å². The molecule has 1 aliphatic heterocycles. The van der Waals surface area contributed by atoms with E-state index in [0.29, 0.717) is 0 Å². The minimum absolute atomic E-state index is 0.212. The topological polar surface area (TPSA) is 111 Å². The summed E-state index contributed by atoms with van der Waals surface area (Å²) < 4.78 is 19.9. The SMILES string of the molecule is Nc1nc(=O)ccn1[C@@H]1O[C@H](CO)[C@@H](O)[C@H]1F. The molecule has 94 valence electrons. The lowest BCUT2D eigenvalue weighted by molar-refractivity contribution is -0.0469. The Hall–Kier alpha value is -1.51. The van der Waals surface area contributed by atoms with Crippen LogP contribution in [0.3, 0.4) is 0 Å². The zero-order valence-electron chi connectivity index (χ0n) is 8.73. The van der Waals surface area contributed by atoms with Gasteiger partial charge in [-0.3, -0.25) is 9.36 Å². The van der Waals surface area contributed by atoms with Gasteiger partial charge in [0.2, 0.25) is 5.95 Å². The van der Waals surface area contributed by atoms with E-state index < -0.39 is 36.8 Å². The van der Waals surface area contributed by atoms with Crippen LogP contribution in [0, 0.1) is 0 Å². The van der Waals surface area contributed by atoms with Crippen LogP contribution in [0.4, 0.5) is 10.3 Å². The van der Waals surface area contributed by atoms with Gasteiger partial charge in [-0.1, -0.05) is 0 Å². The fourth-order valence-electron chi connectivity index (χ4n) is 1.72. The molecule has 2 heterocycles. The molecule has 4 N–H and O–H groups in total. The molecule has 0 spiro atoms. The lowest BCUT2D eigenvalue weighted by Gasteiger charge is -2.18. The Morgan fingerprint density at radius 3 is 2.88 bits per heavy atom. The summed E-state index contributed by atoms with van der Waals surface area (Å²) in [5.74, 6) is -0.212. The van der Waals surface area contributed by atoms with Crippen molar-refractivity contribution < 1.29 is 19.3 Å². The van der Waals surface area contributed by atoms with Crippen LogP contribution >= 0.6 is 0 Å². The monoisotopic (exact) mass is 245 g/mol. The van der Waals surface area contributed by atoms with Crippen LogP contribution in [-0.4, -0.2) is 44.8 Å². The lowest BCUT2D eigenvalue weighted by Crippen LogP contribution is -2.31. The molecule has 1 aromatic rings. The number of alkyl halides is 1. The summed E-state index contributed by atoms with van der Waals surface area (Å²) in [5.41, 5.74) is 4.91. The van der Waals surface area contributed by atoms with Crippen molar-refractivity contribution in [3.8, 4) is 0 Å². The average molecular weight is 245 g/mol. The second-order valence-corrected chi connectivity index (χ2v) is 3.71. The molecule has 1 saturated heterocycles. The number of anilines is 1. The molecule has 1 fully saturated rings. The molecule has 8 heteroatoms. The molecule has 17 heavy (non-hydrogen) atoms. The van der Waals surface area contributed by atoms with Crippen LogP contribution in [0.5, 0.6) is 0 Å². The number of hydrogen-bond acceptors (Lipinski definition) is 6. The van der Waals surface area contributed by atoms with Crippen LogP contribution in [0.1, 0.15) is 6.23 Å². The number of aliphatic hydroxyl groups excluding tert-OH is 2. The molecule has 4 atom stereocenters. The van der Waals surface area contributed by atoms with Gasteiger partial charge in [0.25, 0.3) is 5.56 Å². The summed E-state index contributed by atoms with van der Waals surface area (Å²) in [5, 5.41) is 18.3. The summed E-state index contributed by atoms with van der Waals surface area (Å²) >= 11 is 0. The summed E-state index contributed by atoms with van der Waals surface area (Å²) in [6.45, 7) is -0.508. The first kappa shape index (κ1) is 12.0. The molecule has 0 aliphatic carbocycles. The summed E-state index contributed by atoms with van der Waals surface area (Å²) in [6.07, 6.45) is -4.18. The van der Waals surface area contributed by atoms with Gasteiger partial charge in [0.1, 0.15) is 12.2 Å². The van der Waals surface area contributed by atoms with E-state index in [2.05, 4.69) is 4.98 Å². The number of ether oxygens (including phenoxy) is 1. The summed E-state index contributed by atoms with van der Waals surface area (Å²) in [7, 11) is 0. The van der Waals surface area contributed by atoms with E-state index in [1.807, 2.05) is 0 Å². The lowest BCUT2D eigenvalue weighted by atomic mass is 10.1. The molecule has 0 bridgehead atoms. The molecular formula is C9H12FN3O4. The number of aliphatic hydroxyl groups is 2. The Balaban J connectivity index is 2.32. The minimum Gasteiger partial charge on any atom is -0.394 e. The predicted molar refractivity (Wildman–Crippen MR) is 54.8 cm³/mol. The van der Waals surface area contributed by atoms with E-state index >= 15 is 0 Å². The molecule has 0 unspecified atom stereocenters. The van der Waals surface area contributed by atoms with Gasteiger partial charge >= 0.3 is 0 Å². The number of nitrogens with two attached hydrogens (primary N) is 1. The van der Waals surface area contributed by atoms with Crippen molar-refractivity contribution in [1.29, 1.82) is 0 Å². The molecular weight excluding hydrogens is 233 g/mol. The first-order valence-electron chi connectivity index (χ1n) is 4.97. The molecule has 0 aromatic carbocycles. The third-order valence-corrected chi connectivity index (χ3v) is 2.61. The fourth-order valence-corrected chi connectivity index (χ4v) is 1.72. The molecule has 7 nitrogen and oxygen atoms in total. The van der Waals surface area contributed by atoms with Crippen LogP contribution in [-0.2, 0) is 4.74 Å². The summed E-state index contributed by atoms with van der Waals surface area (Å²) in [4.78, 5) is 14.3. The number of nitrogens with zero attached hydrogens (tertiary/aromatic N) is 2. The smallest absolute Gasteiger partial charge is 0.274 e. The maximum atomic E-state index is 13.7. The Morgan fingerprint density at radius 2 is 2.35 bits per heavy atom. The first-order chi connectivity index (χ1) is 8.04. The van der Waals surface area contributed by atoms with Gasteiger partial charge in [-0.15, -0.1) is 0 Å². The van der Waals surface area contributed by atoms with Crippen LogP contribution in [0.15, 0.2) is 17.1 Å². The molecule has 0 amide bonds. The first-order valence-corrected chi connectivity index (χ1v) is 4.97. The zero-order valence-corrected chi connectivity index (χ0v) is 8.73. The van der Waals surface area contributed by atoms with Crippen molar-refractivity contribution in [2.45, 2.75) is 24.6 Å². The van der Waals surface area contributed by atoms with Gasteiger partial charge in [0, 0.05) is 12.3 Å². The maximum Gasteiger partial charge on any atom is 0.274 e. The highest BCUT2D eigenvalue weighted by molar-refractivity contribution is 5.18. The Bertz CT molecular complexity index is 466. The molecule has 1 aromatic heterocycles. The number of rotatable bonds is 2. The Labute approximate surface area is 95.3 Å². The Morgan fingerprint density at radius 1 is 1.65 bits per heavy atom. The highest BCUT2D eigenvalue weighted by atomic mass is 19.1. The van der Waals surface area contributed by atoms with Gasteiger partial charge in [-0.25, -0.2) is 4.39 Å².